The van der Waals surface area contributed by atoms with Gasteiger partial charge in [-0.25, -0.2) is 4.79 Å². The van der Waals surface area contributed by atoms with Crippen molar-refractivity contribution >= 4 is 5.97 Å². The first-order valence-corrected chi connectivity index (χ1v) is 5.33. The van der Waals surface area contributed by atoms with Gasteiger partial charge in [-0.05, 0) is 24.8 Å². The largest absolute Gasteiger partial charge is 0.480 e. The molecule has 0 bridgehead atoms. The molecule has 1 unspecified atom stereocenters. The quantitative estimate of drug-likeness (QED) is 0.568. The van der Waals surface area contributed by atoms with Gasteiger partial charge < -0.3 is 5.11 Å². The molecule has 0 saturated carbocycles. The normalized spacial score (nSPS) is 12.0. The number of carboxylic acids is 1. The van der Waals surface area contributed by atoms with Gasteiger partial charge in [-0.2, -0.15) is 0 Å². The number of hydrogen-bond acceptors (Lipinski definition) is 3. The second-order valence-corrected chi connectivity index (χ2v) is 3.69. The Kier molecular flexibility index (Phi) is 5.19. The maximum absolute atomic E-state index is 10.5. The first-order chi connectivity index (χ1) is 7.74. The highest BCUT2D eigenvalue weighted by molar-refractivity contribution is 5.73. The highest BCUT2D eigenvalue weighted by Crippen LogP contribution is 2.09. The maximum atomic E-state index is 10.5. The van der Waals surface area contributed by atoms with Crippen LogP contribution in [0.25, 0.3) is 0 Å². The average Bonchev–Trinajstić information content (AvgIpc) is 2.30. The van der Waals surface area contributed by atoms with Crippen LogP contribution in [0.3, 0.4) is 0 Å². The van der Waals surface area contributed by atoms with Gasteiger partial charge in [0, 0.05) is 0 Å². The molecule has 4 nitrogen and oxygen atoms in total. The molecule has 1 aromatic carbocycles. The Labute approximate surface area is 94.3 Å². The van der Waals surface area contributed by atoms with Gasteiger partial charge in [-0.15, -0.1) is 4.91 Å². The molecule has 0 fully saturated rings. The van der Waals surface area contributed by atoms with E-state index in [4.69, 9.17) is 5.11 Å². The summed E-state index contributed by atoms with van der Waals surface area (Å²) in [5.41, 5.74) is 1.23. The van der Waals surface area contributed by atoms with Crippen molar-refractivity contribution in [2.24, 2.45) is 5.18 Å². The molecular weight excluding hydrogens is 206 g/mol. The molecule has 1 atom stereocenters. The molecule has 0 aliphatic rings. The molecule has 1 aromatic rings. The van der Waals surface area contributed by atoms with Crippen LogP contribution in [0.5, 0.6) is 0 Å². The fraction of sp³-hybridized carbons (Fsp3) is 0.417. The first kappa shape index (κ1) is 12.4. The molecule has 16 heavy (non-hydrogen) atoms. The minimum absolute atomic E-state index is 0.325. The Morgan fingerprint density at radius 3 is 2.50 bits per heavy atom. The Bertz CT molecular complexity index is 337. The number of carbonyl (C=O) groups is 1. The molecule has 0 aromatic heterocycles. The van der Waals surface area contributed by atoms with Crippen molar-refractivity contribution in [1.82, 2.24) is 0 Å². The Morgan fingerprint density at radius 1 is 1.25 bits per heavy atom. The lowest BCUT2D eigenvalue weighted by Gasteiger charge is -2.03. The Morgan fingerprint density at radius 2 is 1.94 bits per heavy atom. The maximum Gasteiger partial charge on any atom is 0.332 e. The van der Waals surface area contributed by atoms with E-state index in [0.717, 1.165) is 12.8 Å². The van der Waals surface area contributed by atoms with E-state index in [0.29, 0.717) is 12.8 Å². The van der Waals surface area contributed by atoms with Crippen molar-refractivity contribution in [3.8, 4) is 0 Å². The molecule has 0 aliphatic heterocycles. The third-order valence-electron chi connectivity index (χ3n) is 2.45. The molecular formula is C12H15NO3. The fourth-order valence-corrected chi connectivity index (χ4v) is 1.53. The SMILES string of the molecule is O=NC(CCCCc1ccccc1)C(=O)O. The lowest BCUT2D eigenvalue weighted by molar-refractivity contribution is -0.138. The fourth-order valence-electron chi connectivity index (χ4n) is 1.53. The van der Waals surface area contributed by atoms with E-state index in [-0.39, 0.29) is 0 Å². The summed E-state index contributed by atoms with van der Waals surface area (Å²) in [5, 5.41) is 11.2. The summed E-state index contributed by atoms with van der Waals surface area (Å²) in [6, 6.07) is 8.89. The van der Waals surface area contributed by atoms with Crippen LogP contribution in [0.4, 0.5) is 0 Å². The van der Waals surface area contributed by atoms with Crippen LogP contribution >= 0.6 is 0 Å². The molecule has 4 heteroatoms. The Hall–Kier alpha value is -1.71. The number of benzene rings is 1. The van der Waals surface area contributed by atoms with Crippen molar-refractivity contribution in [1.29, 1.82) is 0 Å². The van der Waals surface area contributed by atoms with Gasteiger partial charge in [0.1, 0.15) is 0 Å². The van der Waals surface area contributed by atoms with E-state index in [2.05, 4.69) is 5.18 Å². The molecule has 0 heterocycles. The average molecular weight is 221 g/mol. The zero-order chi connectivity index (χ0) is 11.8. The molecule has 0 aliphatic carbocycles. The monoisotopic (exact) mass is 221 g/mol. The topological polar surface area (TPSA) is 66.7 Å². The zero-order valence-corrected chi connectivity index (χ0v) is 9.00. The van der Waals surface area contributed by atoms with E-state index in [1.54, 1.807) is 0 Å². The predicted octanol–water partition coefficient (Wildman–Crippen LogP) is 2.62. The lowest BCUT2D eigenvalue weighted by Crippen LogP contribution is -2.16. The van der Waals surface area contributed by atoms with Gasteiger partial charge in [0.25, 0.3) is 0 Å². The van der Waals surface area contributed by atoms with Crippen LogP contribution in [0.2, 0.25) is 0 Å². The minimum Gasteiger partial charge on any atom is -0.480 e. The highest BCUT2D eigenvalue weighted by Gasteiger charge is 2.16. The van der Waals surface area contributed by atoms with Crippen molar-refractivity contribution in [2.75, 3.05) is 0 Å². The van der Waals surface area contributed by atoms with Gasteiger partial charge in [0.15, 0.2) is 6.04 Å². The van der Waals surface area contributed by atoms with Crippen LogP contribution in [0.15, 0.2) is 35.5 Å². The predicted molar refractivity (Wildman–Crippen MR) is 61.2 cm³/mol. The lowest BCUT2D eigenvalue weighted by atomic mass is 10.0. The second kappa shape index (κ2) is 6.71. The molecule has 0 amide bonds. The van der Waals surface area contributed by atoms with E-state index in [1.165, 1.54) is 5.56 Å². The van der Waals surface area contributed by atoms with E-state index in [9.17, 15) is 9.70 Å². The summed E-state index contributed by atoms with van der Waals surface area (Å²) in [6.45, 7) is 0. The van der Waals surface area contributed by atoms with Gasteiger partial charge >= 0.3 is 5.97 Å². The van der Waals surface area contributed by atoms with Gasteiger partial charge in [-0.1, -0.05) is 41.9 Å². The number of rotatable bonds is 7. The highest BCUT2D eigenvalue weighted by atomic mass is 16.4. The van der Waals surface area contributed by atoms with E-state index < -0.39 is 12.0 Å². The van der Waals surface area contributed by atoms with Gasteiger partial charge in [0.2, 0.25) is 0 Å². The van der Waals surface area contributed by atoms with Crippen LogP contribution in [0.1, 0.15) is 24.8 Å². The Balaban J connectivity index is 2.21. The number of aryl methyl sites for hydroxylation is 1. The van der Waals surface area contributed by atoms with Crippen molar-refractivity contribution in [3.05, 3.63) is 40.8 Å². The van der Waals surface area contributed by atoms with E-state index >= 15 is 0 Å². The van der Waals surface area contributed by atoms with Crippen LogP contribution < -0.4 is 0 Å². The van der Waals surface area contributed by atoms with Crippen molar-refractivity contribution < 1.29 is 9.90 Å². The molecule has 1 rings (SSSR count). The molecule has 0 spiro atoms. The summed E-state index contributed by atoms with van der Waals surface area (Å²) in [7, 11) is 0. The standard InChI is InChI=1S/C12H15NO3/c14-12(15)11(13-16)9-5-4-8-10-6-2-1-3-7-10/h1-3,6-7,11H,4-5,8-9H2,(H,14,15). The zero-order valence-electron chi connectivity index (χ0n) is 9.00. The minimum atomic E-state index is -1.13. The van der Waals surface area contributed by atoms with Gasteiger partial charge in [-0.3, -0.25) is 0 Å². The molecule has 1 N–H and O–H groups in total. The molecule has 86 valence electrons. The summed E-state index contributed by atoms with van der Waals surface area (Å²) < 4.78 is 0. The molecule has 0 radical (unpaired) electrons. The first-order valence-electron chi connectivity index (χ1n) is 5.33. The number of unbranched alkanes of at least 4 members (excludes halogenated alkanes) is 1. The summed E-state index contributed by atoms with van der Waals surface area (Å²) >= 11 is 0. The number of hydrogen-bond donors (Lipinski definition) is 1. The van der Waals surface area contributed by atoms with Crippen LogP contribution in [-0.2, 0) is 11.2 Å². The van der Waals surface area contributed by atoms with Crippen molar-refractivity contribution in [2.45, 2.75) is 31.7 Å². The number of carboxylic acid groups (broad SMARTS) is 1. The molecule has 0 saturated heterocycles. The van der Waals surface area contributed by atoms with Crippen molar-refractivity contribution in [3.63, 3.8) is 0 Å². The van der Waals surface area contributed by atoms with Crippen LogP contribution in [-0.4, -0.2) is 17.1 Å². The van der Waals surface area contributed by atoms with Crippen LogP contribution in [0, 0.1) is 4.91 Å². The second-order valence-electron chi connectivity index (χ2n) is 3.69. The number of aliphatic carboxylic acids is 1. The van der Waals surface area contributed by atoms with E-state index in [1.807, 2.05) is 30.3 Å². The summed E-state index contributed by atoms with van der Waals surface area (Å²) in [5.74, 6) is -1.13. The number of nitroso groups, excluding NO2 is 1. The third-order valence-corrected chi connectivity index (χ3v) is 2.45. The van der Waals surface area contributed by atoms with Gasteiger partial charge in [0.05, 0.1) is 0 Å². The smallest absolute Gasteiger partial charge is 0.332 e. The summed E-state index contributed by atoms with van der Waals surface area (Å²) in [4.78, 5) is 20.7. The number of nitrogens with zero attached hydrogens (tertiary/aromatic N) is 1. The summed E-state index contributed by atoms with van der Waals surface area (Å²) in [6.07, 6.45) is 2.82. The third kappa shape index (κ3) is 4.21.